The van der Waals surface area contributed by atoms with E-state index in [-0.39, 0.29) is 16.9 Å². The van der Waals surface area contributed by atoms with Crippen LogP contribution in [0, 0.1) is 0 Å². The first-order chi connectivity index (χ1) is 7.04. The summed E-state index contributed by atoms with van der Waals surface area (Å²) in [4.78, 5) is 21.4. The predicted molar refractivity (Wildman–Crippen MR) is 49.5 cm³/mol. The predicted octanol–water partition coefficient (Wildman–Crippen LogP) is 1.78. The van der Waals surface area contributed by atoms with E-state index < -0.39 is 18.6 Å². The Bertz CT molecular complexity index is 400. The number of esters is 1. The fourth-order valence-electron chi connectivity index (χ4n) is 1.07. The van der Waals surface area contributed by atoms with Crippen LogP contribution in [-0.2, 0) is 11.5 Å². The number of carbonyl (C=O) groups excluding carboxylic acids is 1. The molecule has 1 rings (SSSR count). The van der Waals surface area contributed by atoms with E-state index in [4.69, 9.17) is 5.11 Å². The lowest BCUT2D eigenvalue weighted by Gasteiger charge is -2.06. The van der Waals surface area contributed by atoms with Crippen molar-refractivity contribution in [2.45, 2.75) is 13.6 Å². The van der Waals surface area contributed by atoms with Gasteiger partial charge in [-0.3, -0.25) is 4.79 Å². The number of carbonyl (C=O) groups is 2. The molecule has 0 bridgehead atoms. The maximum absolute atomic E-state index is 12.3. The van der Waals surface area contributed by atoms with Gasteiger partial charge in [-0.25, -0.2) is 9.18 Å². The van der Waals surface area contributed by atoms with Crippen molar-refractivity contribution in [2.24, 2.45) is 0 Å². The van der Waals surface area contributed by atoms with Crippen molar-refractivity contribution in [3.8, 4) is 5.75 Å². The second-order valence-electron chi connectivity index (χ2n) is 2.86. The lowest BCUT2D eigenvalue weighted by atomic mass is 10.1. The molecule has 1 aromatic rings. The first kappa shape index (κ1) is 11.2. The van der Waals surface area contributed by atoms with Gasteiger partial charge in [0.25, 0.3) is 0 Å². The minimum atomic E-state index is -1.26. The smallest absolute Gasteiger partial charge is 0.339 e. The van der Waals surface area contributed by atoms with Crippen LogP contribution < -0.4 is 4.74 Å². The summed E-state index contributed by atoms with van der Waals surface area (Å²) in [7, 11) is 0. The number of halogens is 1. The highest BCUT2D eigenvalue weighted by Gasteiger charge is 2.13. The van der Waals surface area contributed by atoms with Gasteiger partial charge >= 0.3 is 11.9 Å². The normalized spacial score (nSPS) is 9.73. The van der Waals surface area contributed by atoms with Gasteiger partial charge in [-0.05, 0) is 17.7 Å². The molecule has 0 unspecified atom stereocenters. The highest BCUT2D eigenvalue weighted by atomic mass is 19.1. The molecule has 0 heterocycles. The van der Waals surface area contributed by atoms with E-state index in [9.17, 15) is 14.0 Å². The van der Waals surface area contributed by atoms with Crippen molar-refractivity contribution in [1.29, 1.82) is 0 Å². The average Bonchev–Trinajstić information content (AvgIpc) is 2.17. The molecule has 0 fully saturated rings. The van der Waals surface area contributed by atoms with Crippen LogP contribution in [-0.4, -0.2) is 17.0 Å². The van der Waals surface area contributed by atoms with E-state index in [1.54, 1.807) is 0 Å². The lowest BCUT2D eigenvalue weighted by molar-refractivity contribution is -0.131. The van der Waals surface area contributed by atoms with Gasteiger partial charge in [-0.1, -0.05) is 6.07 Å². The van der Waals surface area contributed by atoms with Crippen LogP contribution in [0.5, 0.6) is 5.75 Å². The minimum absolute atomic E-state index is 0.0767. The molecule has 4 nitrogen and oxygen atoms in total. The van der Waals surface area contributed by atoms with E-state index in [0.717, 1.165) is 13.0 Å². The Balaban J connectivity index is 3.15. The van der Waals surface area contributed by atoms with Crippen LogP contribution in [0.15, 0.2) is 18.2 Å². The van der Waals surface area contributed by atoms with E-state index in [1.807, 2.05) is 0 Å². The molecule has 0 radical (unpaired) electrons. The molecule has 0 saturated carbocycles. The molecule has 80 valence electrons. The molecule has 0 amide bonds. The van der Waals surface area contributed by atoms with Crippen LogP contribution in [0.2, 0.25) is 0 Å². The van der Waals surface area contributed by atoms with E-state index in [2.05, 4.69) is 4.74 Å². The number of benzene rings is 1. The molecule has 1 aromatic carbocycles. The summed E-state index contributed by atoms with van der Waals surface area (Å²) in [5.74, 6) is -1.96. The lowest BCUT2D eigenvalue weighted by Crippen LogP contribution is -2.07. The van der Waals surface area contributed by atoms with Crippen LogP contribution in [0.4, 0.5) is 4.39 Å². The molecule has 0 aliphatic rings. The first-order valence-electron chi connectivity index (χ1n) is 4.15. The molecule has 0 atom stereocenters. The van der Waals surface area contributed by atoms with Gasteiger partial charge in [0.1, 0.15) is 18.0 Å². The van der Waals surface area contributed by atoms with Crippen LogP contribution >= 0.6 is 0 Å². The van der Waals surface area contributed by atoms with Gasteiger partial charge in [-0.15, -0.1) is 0 Å². The highest BCUT2D eigenvalue weighted by Crippen LogP contribution is 2.21. The molecule has 1 N–H and O–H groups in total. The maximum atomic E-state index is 12.3. The zero-order valence-corrected chi connectivity index (χ0v) is 7.99. The molecule has 0 aliphatic heterocycles. The Hall–Kier alpha value is -1.91. The zero-order chi connectivity index (χ0) is 11.4. The monoisotopic (exact) mass is 212 g/mol. The van der Waals surface area contributed by atoms with Crippen LogP contribution in [0.25, 0.3) is 0 Å². The fraction of sp³-hybridized carbons (Fsp3) is 0.200. The summed E-state index contributed by atoms with van der Waals surface area (Å²) >= 11 is 0. The van der Waals surface area contributed by atoms with Crippen molar-refractivity contribution >= 4 is 11.9 Å². The molecule has 5 heteroatoms. The standard InChI is InChI=1S/C10H9FO4/c1-6(12)15-9-3-2-7(5-11)4-8(9)10(13)14/h2-4H,5H2,1H3,(H,13,14). The summed E-state index contributed by atoms with van der Waals surface area (Å²) in [5, 5.41) is 8.78. The summed E-state index contributed by atoms with van der Waals surface area (Å²) in [6, 6.07) is 3.77. The third-order valence-corrected chi connectivity index (χ3v) is 1.68. The van der Waals surface area contributed by atoms with E-state index in [1.165, 1.54) is 12.1 Å². The van der Waals surface area contributed by atoms with Gasteiger partial charge in [0.05, 0.1) is 0 Å². The van der Waals surface area contributed by atoms with Crippen molar-refractivity contribution in [2.75, 3.05) is 0 Å². The van der Waals surface area contributed by atoms with E-state index in [0.29, 0.717) is 0 Å². The van der Waals surface area contributed by atoms with Gasteiger partial charge in [-0.2, -0.15) is 0 Å². The zero-order valence-electron chi connectivity index (χ0n) is 7.99. The molecular formula is C10H9FO4. The number of ether oxygens (including phenoxy) is 1. The quantitative estimate of drug-likeness (QED) is 0.612. The third-order valence-electron chi connectivity index (χ3n) is 1.68. The molecule has 0 spiro atoms. The van der Waals surface area contributed by atoms with Crippen molar-refractivity contribution < 1.29 is 23.8 Å². The topological polar surface area (TPSA) is 63.6 Å². The Labute approximate surface area is 85.3 Å². The second-order valence-corrected chi connectivity index (χ2v) is 2.86. The molecular weight excluding hydrogens is 203 g/mol. The number of hydrogen-bond donors (Lipinski definition) is 1. The Kier molecular flexibility index (Phi) is 3.38. The second kappa shape index (κ2) is 4.54. The van der Waals surface area contributed by atoms with Gasteiger partial charge in [0.2, 0.25) is 0 Å². The third kappa shape index (κ3) is 2.77. The maximum Gasteiger partial charge on any atom is 0.339 e. The number of hydrogen-bond acceptors (Lipinski definition) is 3. The number of aromatic carboxylic acids is 1. The number of alkyl halides is 1. The van der Waals surface area contributed by atoms with Crippen LogP contribution in [0.3, 0.4) is 0 Å². The van der Waals surface area contributed by atoms with Crippen molar-refractivity contribution in [3.63, 3.8) is 0 Å². The summed E-state index contributed by atoms with van der Waals surface area (Å²) in [5.41, 5.74) is 0.00338. The van der Waals surface area contributed by atoms with Gasteiger partial charge in [0.15, 0.2) is 0 Å². The van der Waals surface area contributed by atoms with E-state index >= 15 is 0 Å². The summed E-state index contributed by atoms with van der Waals surface area (Å²) < 4.78 is 16.9. The van der Waals surface area contributed by atoms with Crippen molar-refractivity contribution in [3.05, 3.63) is 29.3 Å². The molecule has 0 aliphatic carbocycles. The SMILES string of the molecule is CC(=O)Oc1ccc(CF)cc1C(=O)O. The number of carboxylic acids is 1. The Morgan fingerprint density at radius 2 is 2.13 bits per heavy atom. The number of rotatable bonds is 3. The number of carboxylic acid groups (broad SMARTS) is 1. The first-order valence-corrected chi connectivity index (χ1v) is 4.15. The van der Waals surface area contributed by atoms with Crippen LogP contribution in [0.1, 0.15) is 22.8 Å². The average molecular weight is 212 g/mol. The van der Waals surface area contributed by atoms with Crippen molar-refractivity contribution in [1.82, 2.24) is 0 Å². The Morgan fingerprint density at radius 3 is 2.60 bits per heavy atom. The Morgan fingerprint density at radius 1 is 1.47 bits per heavy atom. The largest absolute Gasteiger partial charge is 0.478 e. The fourth-order valence-corrected chi connectivity index (χ4v) is 1.07. The minimum Gasteiger partial charge on any atom is -0.478 e. The summed E-state index contributed by atoms with van der Waals surface area (Å²) in [6.07, 6.45) is 0. The van der Waals surface area contributed by atoms with Gasteiger partial charge in [0, 0.05) is 6.92 Å². The molecule has 0 saturated heterocycles. The molecule has 0 aromatic heterocycles. The highest BCUT2D eigenvalue weighted by molar-refractivity contribution is 5.92. The van der Waals surface area contributed by atoms with Gasteiger partial charge < -0.3 is 9.84 Å². The summed E-state index contributed by atoms with van der Waals surface area (Å²) in [6.45, 7) is 0.398. The molecule has 15 heavy (non-hydrogen) atoms.